The standard InChI is InChI=1S/C16H18N2O/c1-12(17-2)16(19)18-15-10-8-14(9-11-15)13-6-4-3-5-7-13/h3-12,17H,1-2H3,(H,18,19). The second-order valence-corrected chi connectivity index (χ2v) is 4.44. The quantitative estimate of drug-likeness (QED) is 0.880. The van der Waals surface area contributed by atoms with E-state index in [1.165, 1.54) is 5.56 Å². The van der Waals surface area contributed by atoms with Crippen LogP contribution in [-0.2, 0) is 4.79 Å². The molecule has 19 heavy (non-hydrogen) atoms. The molecule has 0 saturated carbocycles. The summed E-state index contributed by atoms with van der Waals surface area (Å²) in [6, 6.07) is 17.8. The number of anilines is 1. The molecule has 0 aliphatic carbocycles. The van der Waals surface area contributed by atoms with Crippen LogP contribution in [0.5, 0.6) is 0 Å². The van der Waals surface area contributed by atoms with Crippen LogP contribution in [0.2, 0.25) is 0 Å². The Labute approximate surface area is 113 Å². The molecule has 0 bridgehead atoms. The van der Waals surface area contributed by atoms with Crippen LogP contribution in [0.1, 0.15) is 6.92 Å². The number of benzene rings is 2. The van der Waals surface area contributed by atoms with Crippen LogP contribution in [0.15, 0.2) is 54.6 Å². The van der Waals surface area contributed by atoms with Gasteiger partial charge in [0.05, 0.1) is 6.04 Å². The first-order valence-electron chi connectivity index (χ1n) is 6.34. The minimum absolute atomic E-state index is 0.0324. The lowest BCUT2D eigenvalue weighted by Crippen LogP contribution is -2.35. The first-order valence-corrected chi connectivity index (χ1v) is 6.34. The van der Waals surface area contributed by atoms with Crippen LogP contribution < -0.4 is 10.6 Å². The van der Waals surface area contributed by atoms with Crippen molar-refractivity contribution in [2.75, 3.05) is 12.4 Å². The van der Waals surface area contributed by atoms with Crippen LogP contribution >= 0.6 is 0 Å². The molecule has 0 aliphatic rings. The Morgan fingerprint density at radius 1 is 0.947 bits per heavy atom. The highest BCUT2D eigenvalue weighted by atomic mass is 16.2. The third-order valence-corrected chi connectivity index (χ3v) is 3.09. The summed E-state index contributed by atoms with van der Waals surface area (Å²) < 4.78 is 0. The molecule has 1 atom stereocenters. The first-order chi connectivity index (χ1) is 9.20. The van der Waals surface area contributed by atoms with Gasteiger partial charge in [-0.15, -0.1) is 0 Å². The van der Waals surface area contributed by atoms with Gasteiger partial charge in [-0.25, -0.2) is 0 Å². The number of rotatable bonds is 4. The zero-order chi connectivity index (χ0) is 13.7. The Balaban J connectivity index is 2.09. The average molecular weight is 254 g/mol. The number of carbonyl (C=O) groups is 1. The van der Waals surface area contributed by atoms with E-state index in [1.54, 1.807) is 7.05 Å². The van der Waals surface area contributed by atoms with Crippen LogP contribution in [0.4, 0.5) is 5.69 Å². The van der Waals surface area contributed by atoms with Gasteiger partial charge in [0.25, 0.3) is 0 Å². The molecule has 2 aromatic carbocycles. The Morgan fingerprint density at radius 2 is 1.53 bits per heavy atom. The Kier molecular flexibility index (Phi) is 4.31. The SMILES string of the molecule is CNC(C)C(=O)Nc1ccc(-c2ccccc2)cc1. The largest absolute Gasteiger partial charge is 0.325 e. The van der Waals surface area contributed by atoms with Crippen LogP contribution in [-0.4, -0.2) is 19.0 Å². The molecule has 0 fully saturated rings. The van der Waals surface area contributed by atoms with Crippen molar-refractivity contribution < 1.29 is 4.79 Å². The molecule has 2 aromatic rings. The predicted molar refractivity (Wildman–Crippen MR) is 79.0 cm³/mol. The van der Waals surface area contributed by atoms with Crippen molar-refractivity contribution in [2.24, 2.45) is 0 Å². The fraction of sp³-hybridized carbons (Fsp3) is 0.188. The second-order valence-electron chi connectivity index (χ2n) is 4.44. The summed E-state index contributed by atoms with van der Waals surface area (Å²) in [4.78, 5) is 11.7. The molecule has 1 amide bonds. The Hall–Kier alpha value is -2.13. The van der Waals surface area contributed by atoms with Crippen molar-refractivity contribution in [1.29, 1.82) is 0 Å². The van der Waals surface area contributed by atoms with E-state index in [1.807, 2.05) is 49.4 Å². The van der Waals surface area contributed by atoms with Crippen LogP contribution in [0.25, 0.3) is 11.1 Å². The molecule has 0 spiro atoms. The van der Waals surface area contributed by atoms with Gasteiger partial charge in [0.2, 0.25) is 5.91 Å². The summed E-state index contributed by atoms with van der Waals surface area (Å²) in [6.45, 7) is 1.83. The van der Waals surface area contributed by atoms with Gasteiger partial charge in [0, 0.05) is 5.69 Å². The van der Waals surface area contributed by atoms with Gasteiger partial charge in [0.15, 0.2) is 0 Å². The van der Waals surface area contributed by atoms with Gasteiger partial charge in [0.1, 0.15) is 0 Å². The Morgan fingerprint density at radius 3 is 2.11 bits per heavy atom. The van der Waals surface area contributed by atoms with Gasteiger partial charge in [-0.3, -0.25) is 4.79 Å². The lowest BCUT2D eigenvalue weighted by Gasteiger charge is -2.11. The molecule has 3 heteroatoms. The summed E-state index contributed by atoms with van der Waals surface area (Å²) in [5.74, 6) is -0.0324. The number of amides is 1. The summed E-state index contributed by atoms with van der Waals surface area (Å²) in [5, 5.41) is 5.78. The minimum atomic E-state index is -0.200. The number of nitrogens with one attached hydrogen (secondary N) is 2. The number of hydrogen-bond donors (Lipinski definition) is 2. The fourth-order valence-corrected chi connectivity index (χ4v) is 1.76. The van der Waals surface area contributed by atoms with Crippen molar-refractivity contribution in [3.8, 4) is 11.1 Å². The molecule has 98 valence electrons. The molecular formula is C16H18N2O. The zero-order valence-corrected chi connectivity index (χ0v) is 11.2. The molecular weight excluding hydrogens is 236 g/mol. The summed E-state index contributed by atoms with van der Waals surface area (Å²) in [6.07, 6.45) is 0. The van der Waals surface area contributed by atoms with Crippen molar-refractivity contribution in [2.45, 2.75) is 13.0 Å². The minimum Gasteiger partial charge on any atom is -0.325 e. The van der Waals surface area contributed by atoms with Crippen LogP contribution in [0, 0.1) is 0 Å². The maximum Gasteiger partial charge on any atom is 0.241 e. The molecule has 1 unspecified atom stereocenters. The maximum atomic E-state index is 11.7. The monoisotopic (exact) mass is 254 g/mol. The third-order valence-electron chi connectivity index (χ3n) is 3.09. The highest BCUT2D eigenvalue weighted by molar-refractivity contribution is 5.94. The maximum absolute atomic E-state index is 11.7. The smallest absolute Gasteiger partial charge is 0.241 e. The third kappa shape index (κ3) is 3.42. The number of likely N-dealkylation sites (N-methyl/N-ethyl adjacent to an activating group) is 1. The van der Waals surface area contributed by atoms with Crippen molar-refractivity contribution in [1.82, 2.24) is 5.32 Å². The highest BCUT2D eigenvalue weighted by Crippen LogP contribution is 2.20. The molecule has 0 heterocycles. The van der Waals surface area contributed by atoms with Crippen molar-refractivity contribution in [3.63, 3.8) is 0 Å². The van der Waals surface area contributed by atoms with E-state index in [0.29, 0.717) is 0 Å². The highest BCUT2D eigenvalue weighted by Gasteiger charge is 2.09. The molecule has 0 saturated heterocycles. The van der Waals surface area contributed by atoms with Gasteiger partial charge in [-0.05, 0) is 37.2 Å². The van der Waals surface area contributed by atoms with E-state index in [2.05, 4.69) is 22.8 Å². The Bertz CT molecular complexity index is 534. The van der Waals surface area contributed by atoms with Crippen molar-refractivity contribution >= 4 is 11.6 Å². The number of carbonyl (C=O) groups excluding carboxylic acids is 1. The molecule has 2 rings (SSSR count). The second kappa shape index (κ2) is 6.16. The molecule has 0 radical (unpaired) electrons. The summed E-state index contributed by atoms with van der Waals surface area (Å²) >= 11 is 0. The summed E-state index contributed by atoms with van der Waals surface area (Å²) in [7, 11) is 1.77. The van der Waals surface area contributed by atoms with Crippen LogP contribution in [0.3, 0.4) is 0 Å². The predicted octanol–water partition coefficient (Wildman–Crippen LogP) is 2.90. The molecule has 0 aliphatic heterocycles. The zero-order valence-electron chi connectivity index (χ0n) is 11.2. The fourth-order valence-electron chi connectivity index (χ4n) is 1.76. The van der Waals surface area contributed by atoms with Crippen molar-refractivity contribution in [3.05, 3.63) is 54.6 Å². The molecule has 3 nitrogen and oxygen atoms in total. The summed E-state index contributed by atoms with van der Waals surface area (Å²) in [5.41, 5.74) is 3.12. The lowest BCUT2D eigenvalue weighted by atomic mass is 10.1. The number of hydrogen-bond acceptors (Lipinski definition) is 2. The first kappa shape index (κ1) is 13.3. The van der Waals surface area contributed by atoms with E-state index >= 15 is 0 Å². The van der Waals surface area contributed by atoms with Gasteiger partial charge in [-0.2, -0.15) is 0 Å². The molecule has 0 aromatic heterocycles. The van der Waals surface area contributed by atoms with E-state index in [9.17, 15) is 4.79 Å². The van der Waals surface area contributed by atoms with Gasteiger partial charge in [-0.1, -0.05) is 42.5 Å². The normalized spacial score (nSPS) is 11.9. The van der Waals surface area contributed by atoms with E-state index in [-0.39, 0.29) is 11.9 Å². The van der Waals surface area contributed by atoms with E-state index in [0.717, 1.165) is 11.3 Å². The van der Waals surface area contributed by atoms with Gasteiger partial charge < -0.3 is 10.6 Å². The molecule has 2 N–H and O–H groups in total. The van der Waals surface area contributed by atoms with Gasteiger partial charge >= 0.3 is 0 Å². The average Bonchev–Trinajstić information content (AvgIpc) is 2.48. The lowest BCUT2D eigenvalue weighted by molar-refractivity contribution is -0.117. The van der Waals surface area contributed by atoms with E-state index < -0.39 is 0 Å². The topological polar surface area (TPSA) is 41.1 Å². The van der Waals surface area contributed by atoms with E-state index in [4.69, 9.17) is 0 Å².